The average Bonchev–Trinajstić information content (AvgIpc) is 3.42. The Kier molecular flexibility index (Phi) is 7.82. The third kappa shape index (κ3) is 7.01. The van der Waals surface area contributed by atoms with E-state index < -0.39 is 5.41 Å². The Labute approximate surface area is 321 Å². The van der Waals surface area contributed by atoms with E-state index in [4.69, 9.17) is 2.74 Å². The van der Waals surface area contributed by atoms with Crippen LogP contribution in [0.3, 0.4) is 0 Å². The zero-order valence-corrected chi connectivity index (χ0v) is 34.8. The monoisotopic (exact) mass is 694 g/mol. The fraction of sp³-hybridized carbons (Fsp3) is 0.412. The lowest BCUT2D eigenvalue weighted by molar-refractivity contribution is 0.567. The summed E-state index contributed by atoms with van der Waals surface area (Å²) in [6, 6.07) is 25.0. The summed E-state index contributed by atoms with van der Waals surface area (Å²) in [5, 5.41) is 2.23. The van der Waals surface area contributed by atoms with Gasteiger partial charge >= 0.3 is 0 Å². The van der Waals surface area contributed by atoms with Gasteiger partial charge in [-0.05, 0) is 108 Å². The SMILES string of the molecule is [2H]c1c([2H])c(C)c([2H])c(-c2ccc3c(c2C(C)(C)C)c2c(-c4cc(C(C)(C)C)cc(C(C)(C)C)c4)cccc2n3-c2cc(C(C)(C)C)cc(C(C)(C)C)c2)c1[2H]. The number of benzene rings is 5. The van der Waals surface area contributed by atoms with Crippen LogP contribution in [-0.2, 0) is 27.1 Å². The molecule has 0 spiro atoms. The van der Waals surface area contributed by atoms with Crippen LogP contribution >= 0.6 is 0 Å². The Bertz CT molecular complexity index is 2440. The van der Waals surface area contributed by atoms with Crippen LogP contribution in [0.15, 0.2) is 90.9 Å². The minimum absolute atomic E-state index is 0.0530. The van der Waals surface area contributed by atoms with Crippen molar-refractivity contribution in [3.8, 4) is 27.9 Å². The van der Waals surface area contributed by atoms with Gasteiger partial charge in [-0.25, -0.2) is 0 Å². The molecule has 5 aromatic carbocycles. The summed E-state index contributed by atoms with van der Waals surface area (Å²) in [6.45, 7) is 35.8. The summed E-state index contributed by atoms with van der Waals surface area (Å²) in [5.41, 5.74) is 12.7. The number of nitrogens with zero attached hydrogens (tertiary/aromatic N) is 1. The van der Waals surface area contributed by atoms with Crippen LogP contribution in [0, 0.1) is 6.92 Å². The van der Waals surface area contributed by atoms with Crippen molar-refractivity contribution < 1.29 is 5.48 Å². The van der Waals surface area contributed by atoms with Gasteiger partial charge in [0.05, 0.1) is 16.5 Å². The van der Waals surface area contributed by atoms with Gasteiger partial charge in [0.1, 0.15) is 0 Å². The second-order valence-corrected chi connectivity index (χ2v) is 20.2. The first-order chi connectivity index (χ1) is 25.5. The molecule has 0 unspecified atom stereocenters. The molecular formula is C51H63N. The van der Waals surface area contributed by atoms with Crippen LogP contribution in [0.2, 0.25) is 0 Å². The van der Waals surface area contributed by atoms with Crippen LogP contribution in [0.5, 0.6) is 0 Å². The predicted molar refractivity (Wildman–Crippen MR) is 230 cm³/mol. The molecule has 0 N–H and O–H groups in total. The number of rotatable bonds is 3. The fourth-order valence-electron chi connectivity index (χ4n) is 7.48. The Morgan fingerprint density at radius 2 is 0.981 bits per heavy atom. The second kappa shape index (κ2) is 12.5. The van der Waals surface area contributed by atoms with E-state index in [2.05, 4.69) is 175 Å². The van der Waals surface area contributed by atoms with Crippen LogP contribution in [-0.4, -0.2) is 4.57 Å². The molecule has 272 valence electrons. The van der Waals surface area contributed by atoms with Crippen molar-refractivity contribution in [3.05, 3.63) is 124 Å². The standard InChI is InChI=1S/C51H63N/c1-32-19-17-20-33(25-32)41-23-24-43-45(46(41)51(14,15)16)44-40(34-26-35(47(2,3)4)28-36(27-34)48(5,6)7)21-18-22-42(44)52(43)39-30-37(49(8,9)10)29-38(31-39)50(11,12)13/h17-31H,1-16H3/i17D,19D,20D,25D. The van der Waals surface area contributed by atoms with Crippen LogP contribution in [0.25, 0.3) is 49.7 Å². The summed E-state index contributed by atoms with van der Waals surface area (Å²) in [6.07, 6.45) is 0. The zero-order chi connectivity index (χ0) is 41.8. The van der Waals surface area contributed by atoms with Gasteiger partial charge in [0.15, 0.2) is 0 Å². The number of fused-ring (bicyclic) bond motifs is 3. The van der Waals surface area contributed by atoms with Gasteiger partial charge in [-0.1, -0.05) is 176 Å². The van der Waals surface area contributed by atoms with Gasteiger partial charge < -0.3 is 4.57 Å². The van der Waals surface area contributed by atoms with Gasteiger partial charge in [-0.2, -0.15) is 0 Å². The largest absolute Gasteiger partial charge is 0.309 e. The molecule has 52 heavy (non-hydrogen) atoms. The van der Waals surface area contributed by atoms with E-state index in [1.54, 1.807) is 6.92 Å². The van der Waals surface area contributed by atoms with Gasteiger partial charge in [-0.15, -0.1) is 0 Å². The molecule has 6 rings (SSSR count). The fourth-order valence-corrected chi connectivity index (χ4v) is 7.48. The van der Waals surface area contributed by atoms with E-state index in [0.717, 1.165) is 44.2 Å². The predicted octanol–water partition coefficient (Wildman–Crippen LogP) is 14.9. The van der Waals surface area contributed by atoms with Crippen molar-refractivity contribution in [1.82, 2.24) is 4.57 Å². The molecule has 1 heteroatoms. The van der Waals surface area contributed by atoms with Crippen molar-refractivity contribution in [2.75, 3.05) is 0 Å². The van der Waals surface area contributed by atoms with Crippen LogP contribution < -0.4 is 0 Å². The molecule has 0 aliphatic carbocycles. The minimum Gasteiger partial charge on any atom is -0.309 e. The van der Waals surface area contributed by atoms with Crippen molar-refractivity contribution in [1.29, 1.82) is 0 Å². The Balaban J connectivity index is 1.92. The molecule has 0 saturated carbocycles. The maximum absolute atomic E-state index is 9.30. The smallest absolute Gasteiger partial charge is 0.0632 e. The number of aromatic nitrogens is 1. The lowest BCUT2D eigenvalue weighted by atomic mass is 9.77. The second-order valence-electron chi connectivity index (χ2n) is 20.2. The minimum atomic E-state index is -0.427. The number of hydrogen-bond acceptors (Lipinski definition) is 0. The summed E-state index contributed by atoms with van der Waals surface area (Å²) >= 11 is 0. The van der Waals surface area contributed by atoms with Crippen LogP contribution in [0.4, 0.5) is 0 Å². The molecule has 1 aromatic heterocycles. The van der Waals surface area contributed by atoms with E-state index in [-0.39, 0.29) is 45.8 Å². The Morgan fingerprint density at radius 3 is 1.48 bits per heavy atom. The van der Waals surface area contributed by atoms with Crippen LogP contribution in [0.1, 0.15) is 143 Å². The first-order valence-corrected chi connectivity index (χ1v) is 19.0. The molecule has 1 heterocycles. The Morgan fingerprint density at radius 1 is 0.481 bits per heavy atom. The summed E-state index contributed by atoms with van der Waals surface area (Å²) < 4.78 is 38.2. The topological polar surface area (TPSA) is 4.93 Å². The maximum atomic E-state index is 9.30. The quantitative estimate of drug-likeness (QED) is 0.174. The molecule has 0 aliphatic rings. The first-order valence-electron chi connectivity index (χ1n) is 21.0. The summed E-state index contributed by atoms with van der Waals surface area (Å²) in [7, 11) is 0. The third-order valence-corrected chi connectivity index (χ3v) is 10.6. The third-order valence-electron chi connectivity index (χ3n) is 10.6. The molecule has 0 amide bonds. The van der Waals surface area contributed by atoms with Crippen molar-refractivity contribution in [3.63, 3.8) is 0 Å². The van der Waals surface area contributed by atoms with E-state index in [1.807, 2.05) is 0 Å². The molecule has 0 atom stereocenters. The molecule has 6 aromatic rings. The van der Waals surface area contributed by atoms with Gasteiger partial charge in [0.25, 0.3) is 0 Å². The molecule has 0 aliphatic heterocycles. The van der Waals surface area contributed by atoms with Crippen molar-refractivity contribution in [2.24, 2.45) is 0 Å². The molecular weight excluding hydrogens is 627 g/mol. The first kappa shape index (κ1) is 32.5. The number of hydrogen-bond donors (Lipinski definition) is 0. The molecule has 1 nitrogen and oxygen atoms in total. The molecule has 0 bridgehead atoms. The summed E-state index contributed by atoms with van der Waals surface area (Å²) in [5.74, 6) is 0. The van der Waals surface area contributed by atoms with E-state index in [9.17, 15) is 2.74 Å². The van der Waals surface area contributed by atoms with Gasteiger partial charge in [0, 0.05) is 16.5 Å². The highest BCUT2D eigenvalue weighted by Crippen LogP contribution is 2.48. The molecule has 0 radical (unpaired) electrons. The Hall–Kier alpha value is -4.10. The van der Waals surface area contributed by atoms with E-state index in [1.165, 1.54) is 27.8 Å². The van der Waals surface area contributed by atoms with E-state index in [0.29, 0.717) is 11.1 Å². The van der Waals surface area contributed by atoms with Crippen molar-refractivity contribution >= 4 is 21.8 Å². The lowest BCUT2D eigenvalue weighted by Gasteiger charge is -2.27. The highest BCUT2D eigenvalue weighted by atomic mass is 15.0. The van der Waals surface area contributed by atoms with Crippen molar-refractivity contribution in [2.45, 2.75) is 138 Å². The van der Waals surface area contributed by atoms with Gasteiger partial charge in [0.2, 0.25) is 0 Å². The zero-order valence-electron chi connectivity index (χ0n) is 38.8. The highest BCUT2D eigenvalue weighted by Gasteiger charge is 2.30. The normalized spacial score (nSPS) is 14.5. The highest BCUT2D eigenvalue weighted by molar-refractivity contribution is 6.18. The average molecular weight is 694 g/mol. The maximum Gasteiger partial charge on any atom is 0.0632 e. The lowest BCUT2D eigenvalue weighted by Crippen LogP contribution is -2.17. The van der Waals surface area contributed by atoms with Gasteiger partial charge in [-0.3, -0.25) is 0 Å². The summed E-state index contributed by atoms with van der Waals surface area (Å²) in [4.78, 5) is 0. The van der Waals surface area contributed by atoms with E-state index >= 15 is 0 Å². The molecule has 0 fully saturated rings. The molecule has 0 saturated heterocycles.